The van der Waals surface area contributed by atoms with Crippen molar-refractivity contribution in [3.8, 4) is 23.0 Å². The Hall–Kier alpha value is -4.00. The Kier molecular flexibility index (Phi) is 4.78. The Balaban J connectivity index is 1.54. The highest BCUT2D eigenvalue weighted by molar-refractivity contribution is 6.14. The van der Waals surface area contributed by atoms with Crippen LogP contribution < -0.4 is 18.9 Å². The molecule has 0 amide bonds. The Bertz CT molecular complexity index is 1110. The molecule has 0 atom stereocenters. The van der Waals surface area contributed by atoms with E-state index in [9.17, 15) is 9.59 Å². The third-order valence-electron chi connectivity index (χ3n) is 4.29. The highest BCUT2D eigenvalue weighted by Gasteiger charge is 2.28. The predicted octanol–water partition coefficient (Wildman–Crippen LogP) is 4.13. The molecule has 4 rings (SSSR count). The average molecular weight is 392 g/mol. The molecule has 0 bridgehead atoms. The SMILES string of the molecule is COc1ccc(C(=O)Oc2ccc3c(c2)OC(=Cc2ccco2)C3=O)cc1OC. The van der Waals surface area contributed by atoms with Crippen molar-refractivity contribution in [3.63, 3.8) is 0 Å². The molecule has 0 spiro atoms. The lowest BCUT2D eigenvalue weighted by molar-refractivity contribution is 0.0734. The van der Waals surface area contributed by atoms with Crippen LogP contribution in [0.3, 0.4) is 0 Å². The average Bonchev–Trinajstić information content (AvgIpc) is 3.35. The normalized spacial score (nSPS) is 13.7. The third-order valence-corrected chi connectivity index (χ3v) is 4.29. The Morgan fingerprint density at radius 2 is 1.83 bits per heavy atom. The fraction of sp³-hybridized carbons (Fsp3) is 0.0909. The number of furan rings is 1. The molecule has 0 fully saturated rings. The lowest BCUT2D eigenvalue weighted by atomic mass is 10.1. The van der Waals surface area contributed by atoms with Gasteiger partial charge in [0, 0.05) is 12.1 Å². The number of fused-ring (bicyclic) bond motifs is 1. The van der Waals surface area contributed by atoms with Crippen LogP contribution in [0.1, 0.15) is 26.5 Å². The van der Waals surface area contributed by atoms with E-state index in [-0.39, 0.29) is 17.3 Å². The van der Waals surface area contributed by atoms with Crippen LogP contribution in [-0.4, -0.2) is 26.0 Å². The van der Waals surface area contributed by atoms with E-state index in [1.54, 1.807) is 30.3 Å². The van der Waals surface area contributed by atoms with Gasteiger partial charge in [-0.05, 0) is 42.5 Å². The molecule has 0 saturated carbocycles. The summed E-state index contributed by atoms with van der Waals surface area (Å²) in [6.07, 6.45) is 3.02. The molecule has 0 N–H and O–H groups in total. The number of ether oxygens (including phenoxy) is 4. The molecule has 29 heavy (non-hydrogen) atoms. The topological polar surface area (TPSA) is 84.2 Å². The summed E-state index contributed by atoms with van der Waals surface area (Å²) in [6, 6.07) is 12.7. The van der Waals surface area contributed by atoms with Gasteiger partial charge in [-0.2, -0.15) is 0 Å². The molecule has 7 heteroatoms. The minimum atomic E-state index is -0.582. The molecule has 0 aliphatic carbocycles. The van der Waals surface area contributed by atoms with Gasteiger partial charge in [0.25, 0.3) is 0 Å². The van der Waals surface area contributed by atoms with Gasteiger partial charge in [0.1, 0.15) is 17.3 Å². The maximum absolute atomic E-state index is 12.5. The molecule has 2 heterocycles. The molecule has 1 aliphatic heterocycles. The number of methoxy groups -OCH3 is 2. The van der Waals surface area contributed by atoms with E-state index in [2.05, 4.69) is 0 Å². The summed E-state index contributed by atoms with van der Waals surface area (Å²) in [4.78, 5) is 24.9. The van der Waals surface area contributed by atoms with Crippen molar-refractivity contribution >= 4 is 17.8 Å². The number of hydrogen-bond donors (Lipinski definition) is 0. The standard InChI is InChI=1S/C22H16O7/c1-25-17-8-5-13(10-19(17)26-2)22(24)28-15-6-7-16-18(12-15)29-20(21(16)23)11-14-4-3-9-27-14/h3-12H,1-2H3. The van der Waals surface area contributed by atoms with E-state index in [1.807, 2.05) is 0 Å². The van der Waals surface area contributed by atoms with E-state index >= 15 is 0 Å². The van der Waals surface area contributed by atoms with Crippen LogP contribution in [0.15, 0.2) is 65.0 Å². The number of rotatable bonds is 5. The smallest absolute Gasteiger partial charge is 0.343 e. The number of ketones is 1. The summed E-state index contributed by atoms with van der Waals surface area (Å²) < 4.78 is 26.6. The van der Waals surface area contributed by atoms with Gasteiger partial charge < -0.3 is 23.4 Å². The molecule has 0 unspecified atom stereocenters. The summed E-state index contributed by atoms with van der Waals surface area (Å²) >= 11 is 0. The number of hydrogen-bond acceptors (Lipinski definition) is 7. The van der Waals surface area contributed by atoms with Gasteiger partial charge in [0.2, 0.25) is 5.78 Å². The van der Waals surface area contributed by atoms with Crippen molar-refractivity contribution in [3.05, 3.63) is 77.4 Å². The molecular formula is C22H16O7. The Morgan fingerprint density at radius 3 is 2.55 bits per heavy atom. The minimum absolute atomic E-state index is 0.137. The van der Waals surface area contributed by atoms with Crippen molar-refractivity contribution in [1.29, 1.82) is 0 Å². The number of benzene rings is 2. The van der Waals surface area contributed by atoms with Gasteiger partial charge in [-0.15, -0.1) is 0 Å². The lowest BCUT2D eigenvalue weighted by Gasteiger charge is -2.09. The highest BCUT2D eigenvalue weighted by Crippen LogP contribution is 2.35. The maximum Gasteiger partial charge on any atom is 0.343 e. The molecule has 3 aromatic rings. The Labute approximate surface area is 166 Å². The first kappa shape index (κ1) is 18.4. The molecule has 7 nitrogen and oxygen atoms in total. The second-order valence-electron chi connectivity index (χ2n) is 6.07. The first-order chi connectivity index (χ1) is 14.1. The molecule has 1 aromatic heterocycles. The number of carbonyl (C=O) groups is 2. The first-order valence-corrected chi connectivity index (χ1v) is 8.65. The van der Waals surface area contributed by atoms with Gasteiger partial charge in [-0.1, -0.05) is 0 Å². The van der Waals surface area contributed by atoms with E-state index in [4.69, 9.17) is 23.4 Å². The fourth-order valence-corrected chi connectivity index (χ4v) is 2.86. The predicted molar refractivity (Wildman–Crippen MR) is 103 cm³/mol. The zero-order chi connectivity index (χ0) is 20.4. The van der Waals surface area contributed by atoms with Gasteiger partial charge in [0.05, 0.1) is 31.6 Å². The van der Waals surface area contributed by atoms with Crippen molar-refractivity contribution in [2.24, 2.45) is 0 Å². The van der Waals surface area contributed by atoms with Crippen LogP contribution in [0.25, 0.3) is 6.08 Å². The zero-order valence-electron chi connectivity index (χ0n) is 15.6. The zero-order valence-corrected chi connectivity index (χ0v) is 15.6. The number of allylic oxidation sites excluding steroid dienone is 1. The van der Waals surface area contributed by atoms with E-state index in [0.717, 1.165) is 0 Å². The summed E-state index contributed by atoms with van der Waals surface area (Å²) in [6.45, 7) is 0. The van der Waals surface area contributed by atoms with E-state index in [0.29, 0.717) is 34.1 Å². The third kappa shape index (κ3) is 3.58. The van der Waals surface area contributed by atoms with Crippen molar-refractivity contribution in [1.82, 2.24) is 0 Å². The second-order valence-corrected chi connectivity index (χ2v) is 6.07. The van der Waals surface area contributed by atoms with Crippen LogP contribution in [0.5, 0.6) is 23.0 Å². The molecule has 2 aromatic carbocycles. The molecule has 1 aliphatic rings. The molecule has 0 saturated heterocycles. The maximum atomic E-state index is 12.5. The first-order valence-electron chi connectivity index (χ1n) is 8.65. The van der Waals surface area contributed by atoms with Crippen LogP contribution >= 0.6 is 0 Å². The monoisotopic (exact) mass is 392 g/mol. The van der Waals surface area contributed by atoms with Crippen LogP contribution in [0.4, 0.5) is 0 Å². The van der Waals surface area contributed by atoms with Gasteiger partial charge >= 0.3 is 5.97 Å². The highest BCUT2D eigenvalue weighted by atomic mass is 16.5. The van der Waals surface area contributed by atoms with Gasteiger partial charge in [-0.25, -0.2) is 4.79 Å². The van der Waals surface area contributed by atoms with Crippen LogP contribution in [0, 0.1) is 0 Å². The van der Waals surface area contributed by atoms with E-state index < -0.39 is 5.97 Å². The van der Waals surface area contributed by atoms with Crippen LogP contribution in [0.2, 0.25) is 0 Å². The van der Waals surface area contributed by atoms with Crippen molar-refractivity contribution < 1.29 is 33.0 Å². The summed E-state index contributed by atoms with van der Waals surface area (Å²) in [5.41, 5.74) is 0.673. The van der Waals surface area contributed by atoms with Gasteiger partial charge in [0.15, 0.2) is 17.3 Å². The second kappa shape index (κ2) is 7.55. The van der Waals surface area contributed by atoms with Crippen LogP contribution in [-0.2, 0) is 0 Å². The summed E-state index contributed by atoms with van der Waals surface area (Å²) in [5, 5.41) is 0. The quantitative estimate of drug-likeness (QED) is 0.367. The lowest BCUT2D eigenvalue weighted by Crippen LogP contribution is -2.09. The van der Waals surface area contributed by atoms with E-state index in [1.165, 1.54) is 44.8 Å². The largest absolute Gasteiger partial charge is 0.493 e. The molecular weight excluding hydrogens is 376 g/mol. The number of Topliss-reactive ketones (excluding diaryl/α,β-unsaturated/α-hetero) is 1. The van der Waals surface area contributed by atoms with Gasteiger partial charge in [-0.3, -0.25) is 4.79 Å². The minimum Gasteiger partial charge on any atom is -0.493 e. The summed E-state index contributed by atoms with van der Waals surface area (Å²) in [5.74, 6) is 1.26. The van der Waals surface area contributed by atoms with Crippen molar-refractivity contribution in [2.75, 3.05) is 14.2 Å². The fourth-order valence-electron chi connectivity index (χ4n) is 2.86. The summed E-state index contributed by atoms with van der Waals surface area (Å²) in [7, 11) is 2.99. The number of esters is 1. The number of carbonyl (C=O) groups excluding carboxylic acids is 2. The van der Waals surface area contributed by atoms with Crippen molar-refractivity contribution in [2.45, 2.75) is 0 Å². The molecule has 146 valence electrons. The Morgan fingerprint density at radius 1 is 1.00 bits per heavy atom. The molecule has 0 radical (unpaired) electrons.